The van der Waals surface area contributed by atoms with Gasteiger partial charge in [-0.3, -0.25) is 4.72 Å². The van der Waals surface area contributed by atoms with Crippen LogP contribution in [0.15, 0.2) is 89.3 Å². The molecule has 0 bridgehead atoms. The minimum absolute atomic E-state index is 0.00518. The Bertz CT molecular complexity index is 1340. The number of hydrogen-bond donors (Lipinski definition) is 2. The number of alkyl halides is 3. The zero-order chi connectivity index (χ0) is 36.4. The molecule has 0 radical (unpaired) electrons. The van der Waals surface area contributed by atoms with Gasteiger partial charge in [0.2, 0.25) is 0 Å². The van der Waals surface area contributed by atoms with Gasteiger partial charge in [-0.1, -0.05) is 104 Å². The number of rotatable bonds is 8. The molecule has 10 heteroatoms. The molecule has 0 saturated carbocycles. The van der Waals surface area contributed by atoms with E-state index in [1.165, 1.54) is 5.56 Å². The number of terminal acetylenes is 1. The van der Waals surface area contributed by atoms with Gasteiger partial charge in [0.25, 0.3) is 0 Å². The van der Waals surface area contributed by atoms with Gasteiger partial charge in [0, 0.05) is 24.7 Å². The highest BCUT2D eigenvalue weighted by Crippen LogP contribution is 2.29. The summed E-state index contributed by atoms with van der Waals surface area (Å²) in [6.07, 6.45) is 6.83. The first-order valence-electron chi connectivity index (χ1n) is 15.9. The number of pyridine rings is 1. The van der Waals surface area contributed by atoms with Crippen LogP contribution in [0.4, 0.5) is 18.9 Å². The van der Waals surface area contributed by atoms with Crippen molar-refractivity contribution in [3.05, 3.63) is 101 Å². The summed E-state index contributed by atoms with van der Waals surface area (Å²) >= 11 is 0. The summed E-state index contributed by atoms with van der Waals surface area (Å²) in [5, 5.41) is 10.2. The number of carbonyl (C=O) groups is 1. The van der Waals surface area contributed by atoms with E-state index in [4.69, 9.17) is 4.74 Å². The SMILES string of the molecule is C#C.CC.CC.CC.CCC[C@H]1CC(O)=C(Cc2cccc(NS(=O)c3ccc(C(F)(F)F)cn3)c2)C(=O)O1.CCc1ccccc1. The molecule has 3 aromatic rings. The number of ether oxygens (including phenoxy) is 1. The third-order valence-corrected chi connectivity index (χ3v) is 6.97. The summed E-state index contributed by atoms with van der Waals surface area (Å²) in [5.41, 5.74) is 1.74. The number of hydrogen-bond acceptors (Lipinski definition) is 5. The van der Waals surface area contributed by atoms with E-state index in [9.17, 15) is 27.3 Å². The highest BCUT2D eigenvalue weighted by Gasteiger charge is 2.31. The fraction of sp³-hybridized carbons (Fsp3) is 0.405. The van der Waals surface area contributed by atoms with E-state index in [0.29, 0.717) is 23.9 Å². The van der Waals surface area contributed by atoms with Crippen LogP contribution in [0.5, 0.6) is 0 Å². The Balaban J connectivity index is 0. The summed E-state index contributed by atoms with van der Waals surface area (Å²) in [6.45, 7) is 16.1. The second-order valence-electron chi connectivity index (χ2n) is 8.92. The number of aliphatic hydroxyl groups excluding tert-OH is 1. The maximum Gasteiger partial charge on any atom is 0.417 e. The van der Waals surface area contributed by atoms with E-state index >= 15 is 0 Å². The fourth-order valence-corrected chi connectivity index (χ4v) is 4.64. The summed E-state index contributed by atoms with van der Waals surface area (Å²) in [6, 6.07) is 19.0. The van der Waals surface area contributed by atoms with E-state index in [2.05, 4.69) is 53.7 Å². The number of nitrogens with one attached hydrogen (secondary N) is 1. The Hall–Kier alpha value is -4.10. The number of benzene rings is 2. The topological polar surface area (TPSA) is 88.5 Å². The minimum atomic E-state index is -4.52. The number of nitrogens with zero attached hydrogens (tertiary/aromatic N) is 1. The molecule has 1 aliphatic heterocycles. The van der Waals surface area contributed by atoms with Crippen LogP contribution < -0.4 is 4.72 Å². The van der Waals surface area contributed by atoms with Gasteiger partial charge in [0.1, 0.15) is 16.9 Å². The van der Waals surface area contributed by atoms with Crippen LogP contribution in [-0.4, -0.2) is 26.4 Å². The van der Waals surface area contributed by atoms with Crippen molar-refractivity contribution < 1.29 is 32.0 Å². The molecule has 0 spiro atoms. The second-order valence-corrected chi connectivity index (χ2v) is 10.1. The maximum absolute atomic E-state index is 12.6. The Morgan fingerprint density at radius 1 is 0.936 bits per heavy atom. The number of aryl methyl sites for hydroxylation is 1. The predicted molar refractivity (Wildman–Crippen MR) is 188 cm³/mol. The molecule has 1 aromatic heterocycles. The number of aromatic nitrogens is 1. The Kier molecular flexibility index (Phi) is 24.9. The van der Waals surface area contributed by atoms with Crippen LogP contribution >= 0.6 is 0 Å². The van der Waals surface area contributed by atoms with Crippen molar-refractivity contribution in [3.8, 4) is 12.8 Å². The fourth-order valence-electron chi connectivity index (χ4n) is 3.86. The summed E-state index contributed by atoms with van der Waals surface area (Å²) in [4.78, 5) is 15.9. The van der Waals surface area contributed by atoms with Gasteiger partial charge in [-0.25, -0.2) is 14.0 Å². The quantitative estimate of drug-likeness (QED) is 0.183. The van der Waals surface area contributed by atoms with Crippen molar-refractivity contribution in [3.63, 3.8) is 0 Å². The number of halogens is 3. The monoisotopic (exact) mass is 676 g/mol. The molecule has 2 N–H and O–H groups in total. The van der Waals surface area contributed by atoms with Crippen LogP contribution in [0.1, 0.15) is 91.3 Å². The van der Waals surface area contributed by atoms with E-state index < -0.39 is 28.7 Å². The van der Waals surface area contributed by atoms with E-state index in [1.54, 1.807) is 24.3 Å². The Morgan fingerprint density at radius 3 is 2.00 bits per heavy atom. The minimum Gasteiger partial charge on any atom is -0.512 e. The number of anilines is 1. The zero-order valence-corrected chi connectivity index (χ0v) is 29.7. The van der Waals surface area contributed by atoms with Crippen molar-refractivity contribution in [2.24, 2.45) is 0 Å². The van der Waals surface area contributed by atoms with Gasteiger partial charge < -0.3 is 9.84 Å². The van der Waals surface area contributed by atoms with Gasteiger partial charge in [0.15, 0.2) is 11.0 Å². The van der Waals surface area contributed by atoms with Gasteiger partial charge >= 0.3 is 12.1 Å². The lowest BCUT2D eigenvalue weighted by Crippen LogP contribution is -2.27. The molecule has 0 amide bonds. The smallest absolute Gasteiger partial charge is 0.417 e. The highest BCUT2D eigenvalue weighted by molar-refractivity contribution is 7.86. The lowest BCUT2D eigenvalue weighted by atomic mass is 9.98. The summed E-state index contributed by atoms with van der Waals surface area (Å²) < 4.78 is 58.3. The normalized spacial score (nSPS) is 13.8. The largest absolute Gasteiger partial charge is 0.512 e. The molecule has 2 heterocycles. The van der Waals surface area contributed by atoms with E-state index in [1.807, 2.05) is 54.5 Å². The molecular formula is C37H51F3N2O4S. The van der Waals surface area contributed by atoms with E-state index in [-0.39, 0.29) is 35.3 Å². The van der Waals surface area contributed by atoms with Crippen molar-refractivity contribution in [1.29, 1.82) is 0 Å². The Labute approximate surface area is 282 Å². The number of esters is 1. The zero-order valence-electron chi connectivity index (χ0n) is 28.9. The van der Waals surface area contributed by atoms with Crippen molar-refractivity contribution in [2.75, 3.05) is 4.72 Å². The third kappa shape index (κ3) is 16.9. The average Bonchev–Trinajstić information content (AvgIpc) is 3.10. The van der Waals surface area contributed by atoms with Gasteiger partial charge in [-0.2, -0.15) is 13.2 Å². The van der Waals surface area contributed by atoms with Crippen LogP contribution in [0, 0.1) is 12.8 Å². The summed E-state index contributed by atoms with van der Waals surface area (Å²) in [5.74, 6) is -0.552. The molecule has 2 atom stereocenters. The van der Waals surface area contributed by atoms with Crippen LogP contribution in [0.3, 0.4) is 0 Å². The number of cyclic esters (lactones) is 1. The first-order valence-corrected chi connectivity index (χ1v) is 17.1. The molecule has 1 aliphatic rings. The predicted octanol–water partition coefficient (Wildman–Crippen LogP) is 10.3. The number of carbonyl (C=O) groups excluding carboxylic acids is 1. The standard InChI is InChI=1S/C21H21F3N2O4S.C8H10.3C2H6.C2H2/c1-2-4-16-11-18(27)17(20(28)30-16)10-13-5-3-6-15(9-13)26-31(29)19-8-7-14(12-25-19)21(22,23)24;1-2-8-6-4-3-5-7-8;4*1-2/h3,5-9,12,16,26-27H,2,4,10-11H2,1H3;3-7H,2H2,1H3;3*1-2H3;1-2H/t16-,31?;;;;;/m0...../s1. The molecule has 47 heavy (non-hydrogen) atoms. The maximum atomic E-state index is 12.6. The van der Waals surface area contributed by atoms with Crippen LogP contribution in [-0.2, 0) is 39.5 Å². The Morgan fingerprint density at radius 2 is 1.53 bits per heavy atom. The van der Waals surface area contributed by atoms with Crippen molar-refractivity contribution in [2.45, 2.75) is 105 Å². The van der Waals surface area contributed by atoms with Crippen molar-refractivity contribution in [1.82, 2.24) is 4.98 Å². The molecule has 1 unspecified atom stereocenters. The summed E-state index contributed by atoms with van der Waals surface area (Å²) in [7, 11) is -1.89. The molecular weight excluding hydrogens is 625 g/mol. The lowest BCUT2D eigenvalue weighted by molar-refractivity contribution is -0.147. The molecule has 6 nitrogen and oxygen atoms in total. The first-order chi connectivity index (χ1) is 22.6. The number of aliphatic hydroxyl groups is 1. The van der Waals surface area contributed by atoms with Gasteiger partial charge in [-0.15, -0.1) is 12.8 Å². The average molecular weight is 677 g/mol. The second kappa shape index (κ2) is 26.0. The molecule has 0 fully saturated rings. The molecule has 0 saturated heterocycles. The van der Waals surface area contributed by atoms with E-state index in [0.717, 1.165) is 25.0 Å². The molecule has 0 aliphatic carbocycles. The molecule has 2 aromatic carbocycles. The lowest BCUT2D eigenvalue weighted by Gasteiger charge is -2.24. The van der Waals surface area contributed by atoms with Crippen LogP contribution in [0.2, 0.25) is 0 Å². The van der Waals surface area contributed by atoms with Gasteiger partial charge in [-0.05, 0) is 48.2 Å². The molecule has 260 valence electrons. The third-order valence-electron chi connectivity index (χ3n) is 5.92. The van der Waals surface area contributed by atoms with Crippen molar-refractivity contribution >= 4 is 22.6 Å². The highest BCUT2D eigenvalue weighted by atomic mass is 32.2. The van der Waals surface area contributed by atoms with Gasteiger partial charge in [0.05, 0.1) is 11.1 Å². The first kappa shape index (κ1) is 45.0. The van der Waals surface area contributed by atoms with Crippen LogP contribution in [0.25, 0.3) is 0 Å². The molecule has 4 rings (SSSR count).